The van der Waals surface area contributed by atoms with Gasteiger partial charge in [0, 0.05) is 6.54 Å². The van der Waals surface area contributed by atoms with Crippen LogP contribution >= 0.6 is 0 Å². The van der Waals surface area contributed by atoms with Crippen molar-refractivity contribution in [3.05, 3.63) is 0 Å². The van der Waals surface area contributed by atoms with Crippen LogP contribution in [0.15, 0.2) is 0 Å². The second-order valence-electron chi connectivity index (χ2n) is 1.97. The summed E-state index contributed by atoms with van der Waals surface area (Å²) in [7, 11) is 1.73. The van der Waals surface area contributed by atoms with Gasteiger partial charge in [0.1, 0.15) is 6.67 Å². The fourth-order valence-electron chi connectivity index (χ4n) is 0.426. The summed E-state index contributed by atoms with van der Waals surface area (Å²) in [6.07, 6.45) is 0. The first-order valence-electron chi connectivity index (χ1n) is 2.88. The Labute approximate surface area is 54.9 Å². The third-order valence-electron chi connectivity index (χ3n) is 1.29. The fraction of sp³-hybridized carbons (Fsp3) is 0.833. The molecule has 0 fully saturated rings. The van der Waals surface area contributed by atoms with Crippen LogP contribution in [0.5, 0.6) is 0 Å². The zero-order valence-electron chi connectivity index (χ0n) is 5.76. The van der Waals surface area contributed by atoms with Gasteiger partial charge in [0.2, 0.25) is 0 Å². The minimum absolute atomic E-state index is 0.180. The van der Waals surface area contributed by atoms with E-state index in [4.69, 9.17) is 5.26 Å². The number of hydrogen-bond acceptors (Lipinski definition) is 2. The first-order valence-corrected chi connectivity index (χ1v) is 2.88. The number of nitriles is 1. The number of alkyl halides is 1. The lowest BCUT2D eigenvalue weighted by Gasteiger charge is -2.15. The highest BCUT2D eigenvalue weighted by atomic mass is 19.1. The average molecular weight is 130 g/mol. The molecule has 0 aromatic carbocycles. The summed E-state index contributed by atoms with van der Waals surface area (Å²) in [5.41, 5.74) is 0. The summed E-state index contributed by atoms with van der Waals surface area (Å²) in [6.45, 7) is 1.70. The van der Waals surface area contributed by atoms with E-state index in [0.29, 0.717) is 6.54 Å². The van der Waals surface area contributed by atoms with Gasteiger partial charge in [0.05, 0.1) is 12.1 Å². The smallest absolute Gasteiger partial charge is 0.102 e. The van der Waals surface area contributed by atoms with Gasteiger partial charge in [0.25, 0.3) is 0 Å². The highest BCUT2D eigenvalue weighted by molar-refractivity contribution is 4.85. The monoisotopic (exact) mass is 130 g/mol. The Morgan fingerprint density at radius 2 is 2.33 bits per heavy atom. The Morgan fingerprint density at radius 1 is 1.78 bits per heavy atom. The van der Waals surface area contributed by atoms with Crippen LogP contribution < -0.4 is 0 Å². The molecule has 0 aromatic heterocycles. The van der Waals surface area contributed by atoms with Crippen molar-refractivity contribution in [3.63, 3.8) is 0 Å². The van der Waals surface area contributed by atoms with Crippen molar-refractivity contribution in [1.29, 1.82) is 5.26 Å². The third-order valence-corrected chi connectivity index (χ3v) is 1.29. The summed E-state index contributed by atoms with van der Waals surface area (Å²) in [4.78, 5) is 1.67. The third kappa shape index (κ3) is 3.04. The Bertz CT molecular complexity index is 108. The molecule has 2 nitrogen and oxygen atoms in total. The molecule has 0 spiro atoms. The van der Waals surface area contributed by atoms with E-state index in [9.17, 15) is 4.39 Å². The van der Waals surface area contributed by atoms with Crippen LogP contribution in [-0.2, 0) is 0 Å². The molecule has 0 heterocycles. The van der Waals surface area contributed by atoms with Gasteiger partial charge >= 0.3 is 0 Å². The number of halogens is 1. The summed E-state index contributed by atoms with van der Waals surface area (Å²) < 4.78 is 11.6. The molecule has 0 rings (SSSR count). The van der Waals surface area contributed by atoms with Crippen molar-refractivity contribution < 1.29 is 4.39 Å². The molecule has 0 bridgehead atoms. The maximum atomic E-state index is 11.6. The maximum absolute atomic E-state index is 11.6. The van der Waals surface area contributed by atoms with E-state index in [1.54, 1.807) is 18.9 Å². The molecular weight excluding hydrogens is 119 g/mol. The lowest BCUT2D eigenvalue weighted by atomic mass is 10.3. The Balaban J connectivity index is 3.48. The van der Waals surface area contributed by atoms with Crippen LogP contribution in [0.1, 0.15) is 6.92 Å². The van der Waals surface area contributed by atoms with Crippen LogP contribution in [0.25, 0.3) is 0 Å². The van der Waals surface area contributed by atoms with E-state index in [2.05, 4.69) is 0 Å². The van der Waals surface area contributed by atoms with Gasteiger partial charge in [-0.05, 0) is 14.0 Å². The Morgan fingerprint density at radius 3 is 2.67 bits per heavy atom. The van der Waals surface area contributed by atoms with Crippen LogP contribution in [0.3, 0.4) is 0 Å². The van der Waals surface area contributed by atoms with Gasteiger partial charge in [0.15, 0.2) is 0 Å². The molecule has 0 N–H and O–H groups in total. The van der Waals surface area contributed by atoms with Gasteiger partial charge in [-0.2, -0.15) is 5.26 Å². The molecule has 0 aliphatic heterocycles. The molecule has 3 heteroatoms. The molecule has 0 saturated carbocycles. The molecule has 1 atom stereocenters. The van der Waals surface area contributed by atoms with E-state index in [1.807, 2.05) is 6.07 Å². The molecule has 52 valence electrons. The molecule has 0 aliphatic carbocycles. The Kier molecular flexibility index (Phi) is 3.98. The first kappa shape index (κ1) is 8.38. The van der Waals surface area contributed by atoms with Crippen molar-refractivity contribution in [2.75, 3.05) is 20.3 Å². The summed E-state index contributed by atoms with van der Waals surface area (Å²) in [6, 6.07) is 1.83. The van der Waals surface area contributed by atoms with Crippen molar-refractivity contribution in [2.45, 2.75) is 13.0 Å². The van der Waals surface area contributed by atoms with E-state index in [-0.39, 0.29) is 12.7 Å². The zero-order chi connectivity index (χ0) is 7.28. The molecule has 1 unspecified atom stereocenters. The molecule has 0 saturated heterocycles. The fourth-order valence-corrected chi connectivity index (χ4v) is 0.426. The van der Waals surface area contributed by atoms with Gasteiger partial charge < -0.3 is 0 Å². The number of rotatable bonds is 3. The molecule has 0 aliphatic rings. The summed E-state index contributed by atoms with van der Waals surface area (Å²) >= 11 is 0. The molecule has 0 aromatic rings. The zero-order valence-corrected chi connectivity index (χ0v) is 5.76. The summed E-state index contributed by atoms with van der Waals surface area (Å²) in [5, 5.41) is 8.32. The molecule has 0 amide bonds. The van der Waals surface area contributed by atoms with Crippen LogP contribution in [-0.4, -0.2) is 31.2 Å². The largest absolute Gasteiger partial charge is 0.289 e. The van der Waals surface area contributed by atoms with Gasteiger partial charge in [-0.1, -0.05) is 0 Å². The Hall–Kier alpha value is -0.620. The predicted octanol–water partition coefficient (Wildman–Crippen LogP) is 0.800. The van der Waals surface area contributed by atoms with E-state index in [1.165, 1.54) is 0 Å². The van der Waals surface area contributed by atoms with Crippen molar-refractivity contribution in [2.24, 2.45) is 0 Å². The maximum Gasteiger partial charge on any atom is 0.102 e. The van der Waals surface area contributed by atoms with Gasteiger partial charge in [-0.15, -0.1) is 0 Å². The van der Waals surface area contributed by atoms with Crippen LogP contribution in [0, 0.1) is 11.3 Å². The average Bonchev–Trinajstić information content (AvgIpc) is 1.87. The number of hydrogen-bond donors (Lipinski definition) is 0. The van der Waals surface area contributed by atoms with E-state index < -0.39 is 0 Å². The first-order chi connectivity index (χ1) is 4.22. The standard InChI is InChI=1S/C6H11FN2/c1-6(5-8)9(2)4-3-7/h6H,3-4H2,1-2H3. The van der Waals surface area contributed by atoms with E-state index in [0.717, 1.165) is 0 Å². The minimum Gasteiger partial charge on any atom is -0.289 e. The van der Waals surface area contributed by atoms with Gasteiger partial charge in [-0.3, -0.25) is 4.90 Å². The van der Waals surface area contributed by atoms with Gasteiger partial charge in [-0.25, -0.2) is 4.39 Å². The minimum atomic E-state index is -0.386. The normalized spacial score (nSPS) is 13.2. The molecular formula is C6H11FN2. The van der Waals surface area contributed by atoms with E-state index >= 15 is 0 Å². The highest BCUT2D eigenvalue weighted by Crippen LogP contribution is 1.91. The lowest BCUT2D eigenvalue weighted by Crippen LogP contribution is -2.29. The SMILES string of the molecule is CC(C#N)N(C)CCF. The quantitative estimate of drug-likeness (QED) is 0.565. The van der Waals surface area contributed by atoms with Crippen LogP contribution in [0.4, 0.5) is 4.39 Å². The molecule has 0 radical (unpaired) electrons. The highest BCUT2D eigenvalue weighted by Gasteiger charge is 2.04. The topological polar surface area (TPSA) is 27.0 Å². The lowest BCUT2D eigenvalue weighted by molar-refractivity contribution is 0.270. The predicted molar refractivity (Wildman–Crippen MR) is 33.7 cm³/mol. The molecule has 9 heavy (non-hydrogen) atoms. The second-order valence-corrected chi connectivity index (χ2v) is 1.97. The summed E-state index contributed by atoms with van der Waals surface area (Å²) in [5.74, 6) is 0. The van der Waals surface area contributed by atoms with Crippen molar-refractivity contribution in [3.8, 4) is 6.07 Å². The van der Waals surface area contributed by atoms with Crippen molar-refractivity contribution in [1.82, 2.24) is 4.90 Å². The number of nitrogens with zero attached hydrogens (tertiary/aromatic N) is 2. The van der Waals surface area contributed by atoms with Crippen molar-refractivity contribution >= 4 is 0 Å². The second kappa shape index (κ2) is 4.28. The van der Waals surface area contributed by atoms with Crippen LogP contribution in [0.2, 0.25) is 0 Å².